The Hall–Kier alpha value is -2.01. The lowest BCUT2D eigenvalue weighted by atomic mass is 10.0. The Morgan fingerprint density at radius 3 is 3.19 bits per heavy atom. The first-order valence-electron chi connectivity index (χ1n) is 10.8. The SMILES string of the molecule is [2H]N1C(=O)OC([2H])([2H])[C@@]1([2H])Cc1ccc2c(c1)c(C([2H])([2H])C([2H])([2H])N(C)C)cn2[2H]. The van der Waals surface area contributed by atoms with E-state index >= 15 is 0 Å². The molecule has 1 aromatic carbocycles. The molecule has 2 aromatic rings. The molecular weight excluding hydrogens is 266 g/mol. The molecule has 0 aliphatic carbocycles. The van der Waals surface area contributed by atoms with Crippen LogP contribution in [0.15, 0.2) is 24.4 Å². The number of nitrogens with one attached hydrogen (secondary N) is 2. The summed E-state index contributed by atoms with van der Waals surface area (Å²) in [6, 6.07) is 1.99. The van der Waals surface area contributed by atoms with Crippen LogP contribution in [0.3, 0.4) is 0 Å². The molecule has 5 heteroatoms. The predicted molar refractivity (Wildman–Crippen MR) is 82.5 cm³/mol. The van der Waals surface area contributed by atoms with Gasteiger partial charge in [0.25, 0.3) is 0 Å². The largest absolute Gasteiger partial charge is 0.447 e. The highest BCUT2D eigenvalue weighted by atomic mass is 16.6. The topological polar surface area (TPSA) is 57.4 Å². The minimum atomic E-state index is -2.75. The van der Waals surface area contributed by atoms with Crippen molar-refractivity contribution in [2.75, 3.05) is 27.2 Å². The first-order valence-corrected chi connectivity index (χ1v) is 6.39. The lowest BCUT2D eigenvalue weighted by molar-refractivity contribution is 0.177. The average molecular weight is 296 g/mol. The van der Waals surface area contributed by atoms with E-state index in [1.165, 1.54) is 38.5 Å². The molecule has 0 saturated carbocycles. The van der Waals surface area contributed by atoms with Crippen molar-refractivity contribution in [1.29, 1.82) is 0 Å². The van der Waals surface area contributed by atoms with Crippen LogP contribution >= 0.6 is 0 Å². The number of aromatic amines is 1. The number of hydrogen-bond acceptors (Lipinski definition) is 3. The molecule has 1 fully saturated rings. The number of alkyl carbamates (subject to hydrolysis) is 1. The van der Waals surface area contributed by atoms with Crippen molar-refractivity contribution in [2.24, 2.45) is 0 Å². The Morgan fingerprint density at radius 2 is 2.48 bits per heavy atom. The van der Waals surface area contributed by atoms with E-state index in [2.05, 4.69) is 4.74 Å². The summed E-state index contributed by atoms with van der Waals surface area (Å²) in [6.07, 6.45) is -3.06. The molecule has 1 saturated heterocycles. The molecule has 2 N–H and O–H groups in total. The van der Waals surface area contributed by atoms with Crippen molar-refractivity contribution in [3.8, 4) is 0 Å². The third-order valence-electron chi connectivity index (χ3n) is 2.95. The predicted octanol–water partition coefficient (Wildman–Crippen LogP) is 1.92. The fraction of sp³-hybridized carbons (Fsp3) is 0.438. The molecule has 3 rings (SSSR count). The van der Waals surface area contributed by atoms with E-state index in [-0.39, 0.29) is 21.8 Å². The van der Waals surface area contributed by atoms with Crippen molar-refractivity contribution < 1.29 is 22.0 Å². The van der Waals surface area contributed by atoms with Gasteiger partial charge < -0.3 is 19.9 Å². The molecule has 1 atom stereocenters. The van der Waals surface area contributed by atoms with E-state index < -0.39 is 38.0 Å². The van der Waals surface area contributed by atoms with E-state index in [9.17, 15) is 4.79 Å². The number of ether oxygens (including phenoxy) is 1. The molecule has 2 heterocycles. The number of H-pyrrole nitrogens is 1. The third-order valence-corrected chi connectivity index (χ3v) is 2.95. The normalized spacial score (nSPS) is 32.2. The summed E-state index contributed by atoms with van der Waals surface area (Å²) in [4.78, 5) is 13.6. The Bertz CT molecular complexity index is 1010. The van der Waals surface area contributed by atoms with E-state index in [1.807, 2.05) is 0 Å². The van der Waals surface area contributed by atoms with Crippen molar-refractivity contribution >= 4 is 17.0 Å². The Kier molecular flexibility index (Phi) is 1.88. The maximum absolute atomic E-state index is 11.6. The molecule has 0 bridgehead atoms. The molecule has 1 amide bonds. The molecule has 5 nitrogen and oxygen atoms in total. The zero-order chi connectivity index (χ0) is 22.9. The molecule has 21 heavy (non-hydrogen) atoms. The van der Waals surface area contributed by atoms with Crippen molar-refractivity contribution in [3.63, 3.8) is 0 Å². The smallest absolute Gasteiger partial charge is 0.407 e. The number of cyclic esters (lactones) is 1. The fourth-order valence-corrected chi connectivity index (χ4v) is 2.02. The molecule has 0 spiro atoms. The monoisotopic (exact) mass is 296 g/mol. The number of aryl methyl sites for hydroxylation is 1. The van der Waals surface area contributed by atoms with Gasteiger partial charge in [-0.15, -0.1) is 0 Å². The summed E-state index contributed by atoms with van der Waals surface area (Å²) < 4.78 is 77.3. The fourth-order valence-electron chi connectivity index (χ4n) is 2.02. The summed E-state index contributed by atoms with van der Waals surface area (Å²) in [5.74, 6) is 0. The molecule has 0 radical (unpaired) electrons. The van der Waals surface area contributed by atoms with E-state index in [0.29, 0.717) is 5.56 Å². The number of carbonyl (C=O) groups excluding carboxylic acids is 1. The second-order valence-electron chi connectivity index (χ2n) is 4.86. The number of likely N-dealkylation sites (N-methyl/N-ethyl adjacent to an activating group) is 1. The second-order valence-corrected chi connectivity index (χ2v) is 4.86. The van der Waals surface area contributed by atoms with Gasteiger partial charge in [-0.05, 0) is 50.1 Å². The van der Waals surface area contributed by atoms with Gasteiger partial charge in [-0.2, -0.15) is 0 Å². The van der Waals surface area contributed by atoms with Gasteiger partial charge >= 0.3 is 6.09 Å². The summed E-state index contributed by atoms with van der Waals surface area (Å²) in [5.41, 5.74) is 0.498. The molecule has 1 aliphatic heterocycles. The van der Waals surface area contributed by atoms with Crippen molar-refractivity contribution in [1.82, 2.24) is 15.2 Å². The Labute approximate surface area is 137 Å². The van der Waals surface area contributed by atoms with Crippen LogP contribution in [0.2, 0.25) is 2.82 Å². The minimum absolute atomic E-state index is 0.0865. The van der Waals surface area contributed by atoms with Gasteiger partial charge in [-0.1, -0.05) is 6.07 Å². The number of fused-ring (bicyclic) bond motifs is 1. The Balaban J connectivity index is 2.12. The number of benzene rings is 1. The van der Waals surface area contributed by atoms with E-state index in [0.717, 1.165) is 9.88 Å². The van der Waals surface area contributed by atoms with Gasteiger partial charge in [0, 0.05) is 29.1 Å². The van der Waals surface area contributed by atoms with Gasteiger partial charge in [0.15, 0.2) is 2.82 Å². The number of aromatic nitrogens is 1. The van der Waals surface area contributed by atoms with E-state index in [1.54, 1.807) is 0 Å². The van der Waals surface area contributed by atoms with Gasteiger partial charge in [0.2, 0.25) is 0 Å². The molecule has 0 unspecified atom stereocenters. The second kappa shape index (κ2) is 5.77. The summed E-state index contributed by atoms with van der Waals surface area (Å²) in [5, 5.41) is 0.335. The minimum Gasteiger partial charge on any atom is -0.447 e. The number of carbonyl (C=O) groups is 1. The summed E-state index contributed by atoms with van der Waals surface area (Å²) >= 11 is 0. The van der Waals surface area contributed by atoms with Crippen LogP contribution in [0, 0.1) is 0 Å². The highest BCUT2D eigenvalue weighted by molar-refractivity contribution is 5.84. The van der Waals surface area contributed by atoms with Gasteiger partial charge in [0.05, 0.1) is 10.1 Å². The quantitative estimate of drug-likeness (QED) is 0.886. The first kappa shape index (κ1) is 6.83. The van der Waals surface area contributed by atoms with Crippen molar-refractivity contribution in [2.45, 2.75) is 18.8 Å². The van der Waals surface area contributed by atoms with Crippen molar-refractivity contribution in [3.05, 3.63) is 35.5 Å². The zero-order valence-electron chi connectivity index (χ0n) is 20.7. The van der Waals surface area contributed by atoms with Gasteiger partial charge in [-0.25, -0.2) is 4.79 Å². The van der Waals surface area contributed by atoms with E-state index in [4.69, 9.17) is 12.4 Å². The van der Waals surface area contributed by atoms with Crippen LogP contribution in [0.25, 0.3) is 10.9 Å². The number of hydrogen-bond donors (Lipinski definition) is 2. The maximum Gasteiger partial charge on any atom is 0.407 e. The van der Waals surface area contributed by atoms with Crippen LogP contribution in [-0.2, 0) is 17.5 Å². The highest BCUT2D eigenvalue weighted by Crippen LogP contribution is 2.21. The number of amides is 1. The number of nitrogens with zero attached hydrogens (tertiary/aromatic N) is 1. The first-order chi connectivity index (χ1) is 13.6. The third kappa shape index (κ3) is 3.19. The van der Waals surface area contributed by atoms with Gasteiger partial charge in [0.1, 0.15) is 6.56 Å². The lowest BCUT2D eigenvalue weighted by Gasteiger charge is -2.09. The standard InChI is InChI=1S/C16H21N3O2/c1-19(2)6-5-12-9-17-15-4-3-11(8-14(12)15)7-13-10-21-16(20)18-13/h3-4,8-9,13,17H,5-7,10H2,1-2H3,(H,18,20)/t13-/m1/s1/i5D2,6D2,10D2,13D/hD2. The molecule has 1 aliphatic rings. The zero-order valence-corrected chi connectivity index (χ0v) is 11.7. The van der Waals surface area contributed by atoms with Crippen LogP contribution in [0.5, 0.6) is 0 Å². The molecular formula is C16H21N3O2. The number of rotatable bonds is 5. The van der Waals surface area contributed by atoms with Crippen LogP contribution in [0.1, 0.15) is 20.7 Å². The molecule has 112 valence electrons. The Morgan fingerprint density at radius 1 is 1.62 bits per heavy atom. The van der Waals surface area contributed by atoms with Gasteiger partial charge in [-0.3, -0.25) is 0 Å². The highest BCUT2D eigenvalue weighted by Gasteiger charge is 2.22. The summed E-state index contributed by atoms with van der Waals surface area (Å²) in [6.45, 7) is -5.16. The summed E-state index contributed by atoms with van der Waals surface area (Å²) in [7, 11) is 2.80. The molecule has 1 aromatic heterocycles. The van der Waals surface area contributed by atoms with Crippen LogP contribution in [0.4, 0.5) is 4.79 Å². The van der Waals surface area contributed by atoms with Crippen LogP contribution in [-0.4, -0.2) is 49.1 Å². The lowest BCUT2D eigenvalue weighted by Crippen LogP contribution is -2.28. The average Bonchev–Trinajstić information content (AvgIpc) is 3.03. The van der Waals surface area contributed by atoms with Crippen LogP contribution < -0.4 is 5.31 Å². The maximum atomic E-state index is 11.6.